The smallest absolute Gasteiger partial charge is 0.240 e. The molecule has 0 atom stereocenters. The van der Waals surface area contributed by atoms with Crippen molar-refractivity contribution >= 4 is 41.2 Å². The monoisotopic (exact) mass is 407 g/mol. The van der Waals surface area contributed by atoms with Crippen LogP contribution in [0.3, 0.4) is 0 Å². The van der Waals surface area contributed by atoms with Crippen molar-refractivity contribution in [2.45, 2.75) is 6.54 Å². The first-order chi connectivity index (χ1) is 12.9. The SMILES string of the molecule is COc1ccc(Nn2c(N)nn(CC(=O)c3ccc(F)c(Cl)c3)c2=S)cc1. The molecule has 0 aliphatic heterocycles. The number of hydrogen-bond donors (Lipinski definition) is 2. The Kier molecular flexibility index (Phi) is 5.43. The van der Waals surface area contributed by atoms with Crippen LogP contribution in [0, 0.1) is 10.6 Å². The molecular formula is C17H15ClFN5O2S. The predicted octanol–water partition coefficient (Wildman–Crippen LogP) is 3.56. The molecule has 1 heterocycles. The number of nitrogens with zero attached hydrogens (tertiary/aromatic N) is 3. The third-order valence-electron chi connectivity index (χ3n) is 3.73. The Bertz CT molecular complexity index is 1050. The number of rotatable bonds is 6. The van der Waals surface area contributed by atoms with Gasteiger partial charge in [0.2, 0.25) is 10.7 Å². The highest BCUT2D eigenvalue weighted by Crippen LogP contribution is 2.18. The molecular weight excluding hydrogens is 393 g/mol. The number of aromatic nitrogens is 3. The molecule has 10 heteroatoms. The average Bonchev–Trinajstić information content (AvgIpc) is 2.92. The van der Waals surface area contributed by atoms with E-state index in [1.807, 2.05) is 0 Å². The number of methoxy groups -OCH3 is 1. The van der Waals surface area contributed by atoms with Crippen LogP contribution in [0.25, 0.3) is 0 Å². The zero-order valence-electron chi connectivity index (χ0n) is 14.1. The lowest BCUT2D eigenvalue weighted by Gasteiger charge is -2.08. The predicted molar refractivity (Wildman–Crippen MR) is 103 cm³/mol. The maximum absolute atomic E-state index is 13.3. The van der Waals surface area contributed by atoms with Crippen LogP contribution in [0.2, 0.25) is 5.02 Å². The van der Waals surface area contributed by atoms with Crippen LogP contribution >= 0.6 is 23.8 Å². The summed E-state index contributed by atoms with van der Waals surface area (Å²) in [5.41, 5.74) is 9.86. The quantitative estimate of drug-likeness (QED) is 0.480. The van der Waals surface area contributed by atoms with Crippen molar-refractivity contribution in [1.82, 2.24) is 14.5 Å². The molecule has 0 amide bonds. The zero-order valence-corrected chi connectivity index (χ0v) is 15.7. The van der Waals surface area contributed by atoms with E-state index in [2.05, 4.69) is 10.5 Å². The summed E-state index contributed by atoms with van der Waals surface area (Å²) in [5.74, 6) is -0.138. The number of halogens is 2. The van der Waals surface area contributed by atoms with Gasteiger partial charge < -0.3 is 10.5 Å². The first-order valence-corrected chi connectivity index (χ1v) is 8.52. The molecule has 7 nitrogen and oxygen atoms in total. The highest BCUT2D eigenvalue weighted by Gasteiger charge is 2.14. The van der Waals surface area contributed by atoms with E-state index in [0.29, 0.717) is 11.4 Å². The van der Waals surface area contributed by atoms with E-state index in [0.717, 1.165) is 6.07 Å². The molecule has 1 aromatic heterocycles. The van der Waals surface area contributed by atoms with Gasteiger partial charge in [0.25, 0.3) is 0 Å². The molecule has 0 fully saturated rings. The number of carbonyl (C=O) groups excluding carboxylic acids is 1. The summed E-state index contributed by atoms with van der Waals surface area (Å²) in [5, 5.41) is 3.95. The molecule has 0 saturated carbocycles. The van der Waals surface area contributed by atoms with Crippen LogP contribution < -0.4 is 15.9 Å². The molecule has 27 heavy (non-hydrogen) atoms. The highest BCUT2D eigenvalue weighted by atomic mass is 35.5. The molecule has 3 N–H and O–H groups in total. The van der Waals surface area contributed by atoms with Gasteiger partial charge in [-0.2, -0.15) is 4.68 Å². The molecule has 0 unspecified atom stereocenters. The van der Waals surface area contributed by atoms with Crippen LogP contribution in [0.4, 0.5) is 16.0 Å². The second kappa shape index (κ2) is 7.77. The minimum Gasteiger partial charge on any atom is -0.497 e. The molecule has 140 valence electrons. The maximum Gasteiger partial charge on any atom is 0.240 e. The summed E-state index contributed by atoms with van der Waals surface area (Å²) in [6, 6.07) is 10.9. The standard InChI is InChI=1S/C17H15ClFN5O2S/c1-26-12-5-3-11(4-6-12)21-24-16(20)22-23(17(24)27)9-15(25)10-2-7-14(19)13(18)8-10/h2-8,21H,9H2,1H3,(H2,20,22). The summed E-state index contributed by atoms with van der Waals surface area (Å²) >= 11 is 11.1. The van der Waals surface area contributed by atoms with E-state index in [1.54, 1.807) is 31.4 Å². The van der Waals surface area contributed by atoms with Crippen LogP contribution in [0.1, 0.15) is 10.4 Å². The average molecular weight is 408 g/mol. The Hall–Kier alpha value is -2.91. The van der Waals surface area contributed by atoms with Gasteiger partial charge in [-0.25, -0.2) is 9.07 Å². The topological polar surface area (TPSA) is 87.1 Å². The summed E-state index contributed by atoms with van der Waals surface area (Å²) in [4.78, 5) is 12.4. The van der Waals surface area contributed by atoms with Gasteiger partial charge in [-0.3, -0.25) is 10.2 Å². The number of nitrogens with one attached hydrogen (secondary N) is 1. The van der Waals surface area contributed by atoms with Gasteiger partial charge >= 0.3 is 0 Å². The lowest BCUT2D eigenvalue weighted by atomic mass is 10.1. The van der Waals surface area contributed by atoms with Crippen molar-refractivity contribution < 1.29 is 13.9 Å². The summed E-state index contributed by atoms with van der Waals surface area (Å²) in [7, 11) is 1.58. The first kappa shape index (κ1) is 18.9. The molecule has 2 aromatic carbocycles. The van der Waals surface area contributed by atoms with Gasteiger partial charge in [-0.05, 0) is 54.7 Å². The van der Waals surface area contributed by atoms with Gasteiger partial charge in [-0.15, -0.1) is 5.10 Å². The van der Waals surface area contributed by atoms with Gasteiger partial charge in [0, 0.05) is 5.56 Å². The second-order valence-corrected chi connectivity index (χ2v) is 6.30. The van der Waals surface area contributed by atoms with Crippen molar-refractivity contribution in [3.63, 3.8) is 0 Å². The van der Waals surface area contributed by atoms with E-state index in [-0.39, 0.29) is 33.6 Å². The van der Waals surface area contributed by atoms with Gasteiger partial charge in [0.15, 0.2) is 5.78 Å². The summed E-state index contributed by atoms with van der Waals surface area (Å²) in [6.07, 6.45) is 0. The number of carbonyl (C=O) groups is 1. The van der Waals surface area contributed by atoms with E-state index < -0.39 is 5.82 Å². The normalized spacial score (nSPS) is 10.6. The number of nitrogen functional groups attached to an aromatic ring is 1. The van der Waals surface area contributed by atoms with E-state index >= 15 is 0 Å². The fraction of sp³-hybridized carbons (Fsp3) is 0.118. The Balaban J connectivity index is 1.81. The number of hydrogen-bond acceptors (Lipinski definition) is 6. The van der Waals surface area contributed by atoms with Crippen molar-refractivity contribution in [2.24, 2.45) is 0 Å². The van der Waals surface area contributed by atoms with Crippen LogP contribution in [0.15, 0.2) is 42.5 Å². The number of anilines is 2. The summed E-state index contributed by atoms with van der Waals surface area (Å²) in [6.45, 7) is -0.164. The minimum absolute atomic E-state index is 0.0840. The summed E-state index contributed by atoms with van der Waals surface area (Å²) < 4.78 is 21.2. The maximum atomic E-state index is 13.3. The Morgan fingerprint density at radius 1 is 1.33 bits per heavy atom. The lowest BCUT2D eigenvalue weighted by molar-refractivity contribution is 0.0967. The lowest BCUT2D eigenvalue weighted by Crippen LogP contribution is -2.14. The fourth-order valence-corrected chi connectivity index (χ4v) is 2.75. The number of nitrogens with two attached hydrogens (primary N) is 1. The zero-order chi connectivity index (χ0) is 19.6. The van der Waals surface area contributed by atoms with E-state index in [1.165, 1.54) is 21.5 Å². The van der Waals surface area contributed by atoms with Crippen LogP contribution in [-0.4, -0.2) is 27.3 Å². The Morgan fingerprint density at radius 3 is 2.67 bits per heavy atom. The van der Waals surface area contributed by atoms with Gasteiger partial charge in [0.05, 0.1) is 17.8 Å². The highest BCUT2D eigenvalue weighted by molar-refractivity contribution is 7.71. The van der Waals surface area contributed by atoms with Crippen molar-refractivity contribution in [3.05, 3.63) is 63.6 Å². The second-order valence-electron chi connectivity index (χ2n) is 5.53. The number of ether oxygens (including phenoxy) is 1. The van der Waals surface area contributed by atoms with Gasteiger partial charge in [-0.1, -0.05) is 11.6 Å². The van der Waals surface area contributed by atoms with E-state index in [4.69, 9.17) is 34.3 Å². The number of Topliss-reactive ketones (excluding diaryl/α,β-unsaturated/α-hetero) is 1. The van der Waals surface area contributed by atoms with Gasteiger partial charge in [0.1, 0.15) is 18.1 Å². The third-order valence-corrected chi connectivity index (χ3v) is 4.41. The molecule has 0 spiro atoms. The molecule has 3 rings (SSSR count). The number of benzene rings is 2. The fourth-order valence-electron chi connectivity index (χ4n) is 2.32. The molecule has 0 aliphatic carbocycles. The molecule has 0 radical (unpaired) electrons. The minimum atomic E-state index is -0.595. The van der Waals surface area contributed by atoms with E-state index in [9.17, 15) is 9.18 Å². The molecule has 0 aliphatic rings. The van der Waals surface area contributed by atoms with Crippen LogP contribution in [-0.2, 0) is 6.54 Å². The van der Waals surface area contributed by atoms with Crippen molar-refractivity contribution in [1.29, 1.82) is 0 Å². The largest absolute Gasteiger partial charge is 0.497 e. The molecule has 0 saturated heterocycles. The Labute approximate surface area is 164 Å². The third kappa shape index (κ3) is 4.09. The Morgan fingerprint density at radius 2 is 2.04 bits per heavy atom. The van der Waals surface area contributed by atoms with Crippen molar-refractivity contribution in [3.8, 4) is 5.75 Å². The molecule has 0 bridgehead atoms. The van der Waals surface area contributed by atoms with Crippen molar-refractivity contribution in [2.75, 3.05) is 18.3 Å². The molecule has 3 aromatic rings. The number of ketones is 1. The first-order valence-electron chi connectivity index (χ1n) is 7.73. The van der Waals surface area contributed by atoms with Crippen LogP contribution in [0.5, 0.6) is 5.75 Å².